The van der Waals surface area contributed by atoms with E-state index in [0.29, 0.717) is 35.8 Å². The molecule has 2 aromatic heterocycles. The third kappa shape index (κ3) is 2.54. The first-order valence-electron chi connectivity index (χ1n) is 5.12. The number of thiophene rings is 1. The molecule has 0 saturated heterocycles. The lowest BCUT2D eigenvalue weighted by Gasteiger charge is -2.04. The van der Waals surface area contributed by atoms with E-state index >= 15 is 0 Å². The van der Waals surface area contributed by atoms with Crippen LogP contribution in [0.3, 0.4) is 0 Å². The van der Waals surface area contributed by atoms with Crippen molar-refractivity contribution in [2.75, 3.05) is 0 Å². The van der Waals surface area contributed by atoms with E-state index in [-0.39, 0.29) is 0 Å². The molecule has 0 atom stereocenters. The van der Waals surface area contributed by atoms with Gasteiger partial charge in [-0.2, -0.15) is 0 Å². The lowest BCUT2D eigenvalue weighted by molar-refractivity contribution is 1.23. The average Bonchev–Trinajstić information content (AvgIpc) is 2.67. The second-order valence-corrected chi connectivity index (χ2v) is 6.82. The monoisotopic (exact) mass is 348 g/mol. The second kappa shape index (κ2) is 5.08. The van der Waals surface area contributed by atoms with Crippen molar-refractivity contribution in [1.82, 2.24) is 9.97 Å². The molecule has 0 amide bonds. The predicted molar refractivity (Wildman–Crippen MR) is 82.9 cm³/mol. The summed E-state index contributed by atoms with van der Waals surface area (Å²) in [5.74, 6) is 0.438. The zero-order valence-electron chi connectivity index (χ0n) is 9.12. The fourth-order valence-corrected chi connectivity index (χ4v) is 3.54. The standard InChI is InChI=1S/C12H4Cl4N2S/c13-5-1-2-6-8(3-5)17-12(18-10(6)15)7-4-9(14)19-11(7)16/h1-4H. The highest BCUT2D eigenvalue weighted by atomic mass is 35.5. The van der Waals surface area contributed by atoms with E-state index in [1.807, 2.05) is 0 Å². The Bertz CT molecular complexity index is 785. The van der Waals surface area contributed by atoms with Crippen molar-refractivity contribution in [2.24, 2.45) is 0 Å². The second-order valence-electron chi connectivity index (χ2n) is 3.74. The summed E-state index contributed by atoms with van der Waals surface area (Å²) >= 11 is 25.4. The summed E-state index contributed by atoms with van der Waals surface area (Å²) in [5.41, 5.74) is 1.33. The molecule has 0 saturated carbocycles. The van der Waals surface area contributed by atoms with Gasteiger partial charge < -0.3 is 0 Å². The SMILES string of the molecule is Clc1ccc2c(Cl)nc(-c3cc(Cl)sc3Cl)nc2c1. The molecule has 0 bridgehead atoms. The topological polar surface area (TPSA) is 25.8 Å². The summed E-state index contributed by atoms with van der Waals surface area (Å²) in [6, 6.07) is 6.98. The molecule has 2 nitrogen and oxygen atoms in total. The first kappa shape index (κ1) is 13.4. The summed E-state index contributed by atoms with van der Waals surface area (Å²) in [4.78, 5) is 8.68. The number of rotatable bonds is 1. The van der Waals surface area contributed by atoms with Crippen molar-refractivity contribution in [3.8, 4) is 11.4 Å². The van der Waals surface area contributed by atoms with Crippen LogP contribution < -0.4 is 0 Å². The highest BCUT2D eigenvalue weighted by Crippen LogP contribution is 2.38. The summed E-state index contributed by atoms with van der Waals surface area (Å²) in [6.07, 6.45) is 0. The molecule has 7 heteroatoms. The lowest BCUT2D eigenvalue weighted by atomic mass is 10.2. The first-order chi connectivity index (χ1) is 9.04. The van der Waals surface area contributed by atoms with E-state index in [0.717, 1.165) is 5.39 Å². The molecule has 19 heavy (non-hydrogen) atoms. The maximum atomic E-state index is 6.16. The normalized spacial score (nSPS) is 11.2. The van der Waals surface area contributed by atoms with Crippen molar-refractivity contribution in [3.05, 3.63) is 43.1 Å². The van der Waals surface area contributed by atoms with Gasteiger partial charge in [0.2, 0.25) is 0 Å². The smallest absolute Gasteiger partial charge is 0.163 e. The molecule has 1 aromatic carbocycles. The minimum absolute atomic E-state index is 0.357. The van der Waals surface area contributed by atoms with Gasteiger partial charge in [-0.15, -0.1) is 11.3 Å². The maximum absolute atomic E-state index is 6.16. The number of hydrogen-bond acceptors (Lipinski definition) is 3. The molecule has 0 radical (unpaired) electrons. The summed E-state index contributed by atoms with van der Waals surface area (Å²) < 4.78 is 1.10. The third-order valence-electron chi connectivity index (χ3n) is 2.51. The number of fused-ring (bicyclic) bond motifs is 1. The Hall–Kier alpha value is -0.580. The number of halogens is 4. The van der Waals surface area contributed by atoms with Crippen LogP contribution in [0.4, 0.5) is 0 Å². The molecular weight excluding hydrogens is 346 g/mol. The minimum Gasteiger partial charge on any atom is -0.228 e. The zero-order valence-corrected chi connectivity index (χ0v) is 13.0. The Morgan fingerprint density at radius 3 is 2.42 bits per heavy atom. The molecule has 96 valence electrons. The van der Waals surface area contributed by atoms with E-state index in [1.165, 1.54) is 11.3 Å². The van der Waals surface area contributed by atoms with Crippen molar-refractivity contribution in [2.45, 2.75) is 0 Å². The molecule has 0 fully saturated rings. The summed E-state index contributed by atoms with van der Waals surface area (Å²) in [5, 5.41) is 1.69. The van der Waals surface area contributed by atoms with E-state index < -0.39 is 0 Å². The fourth-order valence-electron chi connectivity index (χ4n) is 1.68. The van der Waals surface area contributed by atoms with Gasteiger partial charge in [0.1, 0.15) is 9.49 Å². The van der Waals surface area contributed by atoms with Gasteiger partial charge >= 0.3 is 0 Å². The molecular formula is C12H4Cl4N2S. The van der Waals surface area contributed by atoms with Gasteiger partial charge in [-0.25, -0.2) is 9.97 Å². The van der Waals surface area contributed by atoms with E-state index in [4.69, 9.17) is 46.4 Å². The Morgan fingerprint density at radius 1 is 0.947 bits per heavy atom. The van der Waals surface area contributed by atoms with Crippen LogP contribution in [0.15, 0.2) is 24.3 Å². The largest absolute Gasteiger partial charge is 0.228 e. The van der Waals surface area contributed by atoms with Gasteiger partial charge in [0.15, 0.2) is 5.82 Å². The number of hydrogen-bond donors (Lipinski definition) is 0. The molecule has 0 unspecified atom stereocenters. The number of aromatic nitrogens is 2. The van der Waals surface area contributed by atoms with E-state index in [2.05, 4.69) is 9.97 Å². The van der Waals surface area contributed by atoms with Crippen LogP contribution in [0.5, 0.6) is 0 Å². The van der Waals surface area contributed by atoms with Gasteiger partial charge in [-0.05, 0) is 24.3 Å². The molecule has 0 N–H and O–H groups in total. The third-order valence-corrected chi connectivity index (χ3v) is 4.52. The van der Waals surface area contributed by atoms with Crippen molar-refractivity contribution in [3.63, 3.8) is 0 Å². The van der Waals surface area contributed by atoms with Crippen LogP contribution >= 0.6 is 57.7 Å². The fraction of sp³-hybridized carbons (Fsp3) is 0. The zero-order chi connectivity index (χ0) is 13.6. The van der Waals surface area contributed by atoms with Gasteiger partial charge in [-0.1, -0.05) is 46.4 Å². The van der Waals surface area contributed by atoms with Crippen LogP contribution in [0.1, 0.15) is 0 Å². The highest BCUT2D eigenvalue weighted by molar-refractivity contribution is 7.20. The number of benzene rings is 1. The van der Waals surface area contributed by atoms with Crippen LogP contribution in [0.2, 0.25) is 18.8 Å². The van der Waals surface area contributed by atoms with Crippen molar-refractivity contribution >= 4 is 68.6 Å². The predicted octanol–water partition coefficient (Wildman–Crippen LogP) is 5.97. The minimum atomic E-state index is 0.357. The molecule has 3 aromatic rings. The van der Waals surface area contributed by atoms with Crippen molar-refractivity contribution in [1.29, 1.82) is 0 Å². The molecule has 3 rings (SSSR count). The van der Waals surface area contributed by atoms with E-state index in [1.54, 1.807) is 24.3 Å². The maximum Gasteiger partial charge on any atom is 0.163 e. The average molecular weight is 350 g/mol. The van der Waals surface area contributed by atoms with Crippen LogP contribution in [0.25, 0.3) is 22.3 Å². The van der Waals surface area contributed by atoms with Gasteiger partial charge in [-0.3, -0.25) is 0 Å². The van der Waals surface area contributed by atoms with Gasteiger partial charge in [0, 0.05) is 10.4 Å². The summed E-state index contributed by atoms with van der Waals surface area (Å²) in [7, 11) is 0. The van der Waals surface area contributed by atoms with Crippen molar-refractivity contribution < 1.29 is 0 Å². The molecule has 0 aliphatic carbocycles. The summed E-state index contributed by atoms with van der Waals surface area (Å²) in [6.45, 7) is 0. The highest BCUT2D eigenvalue weighted by Gasteiger charge is 2.14. The van der Waals surface area contributed by atoms with Crippen LogP contribution in [-0.2, 0) is 0 Å². The van der Waals surface area contributed by atoms with Gasteiger partial charge in [0.05, 0.1) is 15.4 Å². The van der Waals surface area contributed by atoms with Crippen LogP contribution in [-0.4, -0.2) is 9.97 Å². The number of nitrogens with zero attached hydrogens (tertiary/aromatic N) is 2. The Balaban J connectivity index is 2.28. The lowest BCUT2D eigenvalue weighted by Crippen LogP contribution is -1.91. The molecule has 0 aliphatic heterocycles. The Kier molecular flexibility index (Phi) is 3.58. The molecule has 2 heterocycles. The Morgan fingerprint density at radius 2 is 1.74 bits per heavy atom. The van der Waals surface area contributed by atoms with Crippen LogP contribution in [0, 0.1) is 0 Å². The molecule has 0 spiro atoms. The van der Waals surface area contributed by atoms with Gasteiger partial charge in [0.25, 0.3) is 0 Å². The Labute approximate surface area is 132 Å². The quantitative estimate of drug-likeness (QED) is 0.505. The van der Waals surface area contributed by atoms with E-state index in [9.17, 15) is 0 Å². The first-order valence-corrected chi connectivity index (χ1v) is 7.45. The molecule has 0 aliphatic rings.